The molecular weight excluding hydrogens is 286 g/mol. The van der Waals surface area contributed by atoms with Gasteiger partial charge in [0.25, 0.3) is 0 Å². The van der Waals surface area contributed by atoms with E-state index in [1.54, 1.807) is 0 Å². The molecule has 7 nitrogen and oxygen atoms in total. The Kier molecular flexibility index (Phi) is 5.66. The van der Waals surface area contributed by atoms with Crippen molar-refractivity contribution in [3.63, 3.8) is 0 Å². The van der Waals surface area contributed by atoms with Crippen molar-refractivity contribution in [2.75, 3.05) is 13.7 Å². The maximum atomic E-state index is 11.9. The average Bonchev–Trinajstić information content (AvgIpc) is 2.43. The van der Waals surface area contributed by atoms with Gasteiger partial charge < -0.3 is 9.84 Å². The van der Waals surface area contributed by atoms with Crippen molar-refractivity contribution in [3.05, 3.63) is 24.3 Å². The highest BCUT2D eigenvalue weighted by atomic mass is 32.2. The van der Waals surface area contributed by atoms with Gasteiger partial charge in [-0.05, 0) is 24.3 Å². The van der Waals surface area contributed by atoms with Crippen LogP contribution in [0.5, 0.6) is 5.75 Å². The molecule has 8 heteroatoms. The van der Waals surface area contributed by atoms with Gasteiger partial charge in [-0.2, -0.15) is 0 Å². The monoisotopic (exact) mass is 301 g/mol. The fourth-order valence-corrected chi connectivity index (χ4v) is 2.36. The average molecular weight is 301 g/mol. The van der Waals surface area contributed by atoms with Gasteiger partial charge >= 0.3 is 5.97 Å². The van der Waals surface area contributed by atoms with Gasteiger partial charge in [-0.25, -0.2) is 13.1 Å². The van der Waals surface area contributed by atoms with Crippen molar-refractivity contribution in [2.24, 2.45) is 0 Å². The second-order valence-corrected chi connectivity index (χ2v) is 5.70. The van der Waals surface area contributed by atoms with Gasteiger partial charge in [0.1, 0.15) is 11.5 Å². The molecule has 0 aliphatic carbocycles. The first-order chi connectivity index (χ1) is 9.35. The predicted octanol–water partition coefficient (Wildman–Crippen LogP) is 0.407. The second kappa shape index (κ2) is 7.01. The molecule has 0 aliphatic rings. The molecule has 0 saturated heterocycles. The summed E-state index contributed by atoms with van der Waals surface area (Å²) in [5, 5.41) is 8.42. The highest BCUT2D eigenvalue weighted by Crippen LogP contribution is 2.15. The van der Waals surface area contributed by atoms with Crippen LogP contribution in [0, 0.1) is 0 Å². The molecular formula is C12H15NO6S. The van der Waals surface area contributed by atoms with Crippen LogP contribution in [0.15, 0.2) is 29.2 Å². The SMILES string of the molecule is COc1ccc(S(=O)(=O)NCC(=O)CCC(=O)O)cc1. The van der Waals surface area contributed by atoms with Crippen molar-refractivity contribution < 1.29 is 27.9 Å². The highest BCUT2D eigenvalue weighted by molar-refractivity contribution is 7.89. The third kappa shape index (κ3) is 4.98. The van der Waals surface area contributed by atoms with E-state index >= 15 is 0 Å². The molecule has 0 heterocycles. The van der Waals surface area contributed by atoms with Crippen LogP contribution in [0.1, 0.15) is 12.8 Å². The fraction of sp³-hybridized carbons (Fsp3) is 0.333. The van der Waals surface area contributed by atoms with Gasteiger partial charge in [0, 0.05) is 6.42 Å². The summed E-state index contributed by atoms with van der Waals surface area (Å²) in [4.78, 5) is 21.6. The number of carboxylic acid groups (broad SMARTS) is 1. The summed E-state index contributed by atoms with van der Waals surface area (Å²) in [5.41, 5.74) is 0. The Morgan fingerprint density at radius 2 is 1.80 bits per heavy atom. The number of ketones is 1. The topological polar surface area (TPSA) is 110 Å². The van der Waals surface area contributed by atoms with Crippen LogP contribution in [0.3, 0.4) is 0 Å². The Hall–Kier alpha value is -1.93. The summed E-state index contributed by atoms with van der Waals surface area (Å²) in [5.74, 6) is -1.07. The number of sulfonamides is 1. The number of rotatable bonds is 8. The number of carbonyl (C=O) groups excluding carboxylic acids is 1. The summed E-state index contributed by atoms with van der Waals surface area (Å²) in [6.07, 6.45) is -0.524. The van der Waals surface area contributed by atoms with E-state index in [4.69, 9.17) is 9.84 Å². The number of carboxylic acids is 1. The maximum Gasteiger partial charge on any atom is 0.303 e. The number of nitrogens with one attached hydrogen (secondary N) is 1. The van der Waals surface area contributed by atoms with E-state index in [9.17, 15) is 18.0 Å². The van der Waals surface area contributed by atoms with Crippen LogP contribution in [0.2, 0.25) is 0 Å². The molecule has 0 amide bonds. The zero-order valence-electron chi connectivity index (χ0n) is 10.8. The van der Waals surface area contributed by atoms with Crippen molar-refractivity contribution >= 4 is 21.8 Å². The molecule has 110 valence electrons. The van der Waals surface area contributed by atoms with Gasteiger partial charge in [0.2, 0.25) is 10.0 Å². The minimum Gasteiger partial charge on any atom is -0.497 e. The van der Waals surface area contributed by atoms with E-state index in [1.807, 2.05) is 0 Å². The number of carbonyl (C=O) groups is 2. The molecule has 2 N–H and O–H groups in total. The van der Waals surface area contributed by atoms with Gasteiger partial charge in [-0.1, -0.05) is 0 Å². The largest absolute Gasteiger partial charge is 0.497 e. The van der Waals surface area contributed by atoms with E-state index in [0.29, 0.717) is 5.75 Å². The summed E-state index contributed by atoms with van der Waals surface area (Å²) in [7, 11) is -2.33. The molecule has 0 aliphatic heterocycles. The maximum absolute atomic E-state index is 11.9. The van der Waals surface area contributed by atoms with Crippen LogP contribution >= 0.6 is 0 Å². The van der Waals surface area contributed by atoms with Crippen molar-refractivity contribution in [2.45, 2.75) is 17.7 Å². The lowest BCUT2D eigenvalue weighted by Gasteiger charge is -2.06. The minimum absolute atomic E-state index is 0.00401. The zero-order chi connectivity index (χ0) is 15.2. The van der Waals surface area contributed by atoms with Crippen LogP contribution in [-0.4, -0.2) is 38.9 Å². The van der Waals surface area contributed by atoms with Gasteiger partial charge in [0.05, 0.1) is 25.0 Å². The number of hydrogen-bond donors (Lipinski definition) is 2. The molecule has 0 saturated carbocycles. The standard InChI is InChI=1S/C12H15NO6S/c1-19-10-3-5-11(6-4-10)20(17,18)13-8-9(14)2-7-12(15)16/h3-6,13H,2,7-8H2,1H3,(H,15,16). The van der Waals surface area contributed by atoms with E-state index in [0.717, 1.165) is 0 Å². The van der Waals surface area contributed by atoms with Gasteiger partial charge in [-0.3, -0.25) is 9.59 Å². The highest BCUT2D eigenvalue weighted by Gasteiger charge is 2.15. The first-order valence-electron chi connectivity index (χ1n) is 5.72. The molecule has 1 aromatic carbocycles. The summed E-state index contributed by atoms with van der Waals surface area (Å²) >= 11 is 0. The smallest absolute Gasteiger partial charge is 0.303 e. The summed E-state index contributed by atoms with van der Waals surface area (Å²) in [6.45, 7) is -0.429. The molecule has 0 fully saturated rings. The van der Waals surface area contributed by atoms with E-state index in [2.05, 4.69) is 4.72 Å². The van der Waals surface area contributed by atoms with E-state index in [-0.39, 0.29) is 17.7 Å². The van der Waals surface area contributed by atoms with Crippen LogP contribution in [-0.2, 0) is 19.6 Å². The Labute approximate surface area is 116 Å². The van der Waals surface area contributed by atoms with Crippen molar-refractivity contribution in [1.82, 2.24) is 4.72 Å². The third-order valence-electron chi connectivity index (χ3n) is 2.45. The molecule has 1 aromatic rings. The second-order valence-electron chi connectivity index (χ2n) is 3.93. The molecule has 20 heavy (non-hydrogen) atoms. The summed E-state index contributed by atoms with van der Waals surface area (Å²) < 4.78 is 30.7. The van der Waals surface area contributed by atoms with Crippen molar-refractivity contribution in [1.29, 1.82) is 0 Å². The summed E-state index contributed by atoms with van der Waals surface area (Å²) in [6, 6.07) is 5.67. The van der Waals surface area contributed by atoms with E-state index in [1.165, 1.54) is 31.4 Å². The van der Waals surface area contributed by atoms with Gasteiger partial charge in [0.15, 0.2) is 0 Å². The van der Waals surface area contributed by atoms with Crippen molar-refractivity contribution in [3.8, 4) is 5.75 Å². The normalized spacial score (nSPS) is 11.1. The zero-order valence-corrected chi connectivity index (χ0v) is 11.6. The predicted molar refractivity (Wildman–Crippen MR) is 70.1 cm³/mol. The van der Waals surface area contributed by atoms with Crippen LogP contribution in [0.25, 0.3) is 0 Å². The Balaban J connectivity index is 2.60. The Morgan fingerprint density at radius 1 is 1.20 bits per heavy atom. The molecule has 1 rings (SSSR count). The number of aliphatic carboxylic acids is 1. The Morgan fingerprint density at radius 3 is 2.30 bits per heavy atom. The Bertz CT molecular complexity index is 578. The molecule has 0 spiro atoms. The molecule has 0 aromatic heterocycles. The lowest BCUT2D eigenvalue weighted by molar-refractivity contribution is -0.138. The lowest BCUT2D eigenvalue weighted by atomic mass is 10.2. The fourth-order valence-electron chi connectivity index (χ4n) is 1.35. The van der Waals surface area contributed by atoms with Crippen LogP contribution in [0.4, 0.5) is 0 Å². The molecule has 0 unspecified atom stereocenters. The minimum atomic E-state index is -3.79. The first-order valence-corrected chi connectivity index (χ1v) is 7.20. The van der Waals surface area contributed by atoms with Crippen LogP contribution < -0.4 is 9.46 Å². The first kappa shape index (κ1) is 16.1. The number of methoxy groups -OCH3 is 1. The van der Waals surface area contributed by atoms with Gasteiger partial charge in [-0.15, -0.1) is 0 Å². The quantitative estimate of drug-likeness (QED) is 0.719. The molecule has 0 atom stereocenters. The number of Topliss-reactive ketones (excluding diaryl/α,β-unsaturated/α-hetero) is 1. The number of ether oxygens (including phenoxy) is 1. The number of hydrogen-bond acceptors (Lipinski definition) is 5. The lowest BCUT2D eigenvalue weighted by Crippen LogP contribution is -2.29. The van der Waals surface area contributed by atoms with E-state index < -0.39 is 28.3 Å². The number of benzene rings is 1. The molecule has 0 radical (unpaired) electrons. The third-order valence-corrected chi connectivity index (χ3v) is 3.86. The molecule has 0 bridgehead atoms.